The van der Waals surface area contributed by atoms with Crippen molar-refractivity contribution < 1.29 is 4.39 Å². The van der Waals surface area contributed by atoms with Gasteiger partial charge in [-0.05, 0) is 23.6 Å². The highest BCUT2D eigenvalue weighted by molar-refractivity contribution is 6.30. The third-order valence-corrected chi connectivity index (χ3v) is 3.18. The zero-order valence-corrected chi connectivity index (χ0v) is 11.4. The Morgan fingerprint density at radius 1 is 1.47 bits per heavy atom. The van der Waals surface area contributed by atoms with Crippen LogP contribution in [-0.2, 0) is 6.54 Å². The molecule has 2 aromatic rings. The molecule has 0 amide bonds. The smallest absolute Gasteiger partial charge is 0.145 e. The summed E-state index contributed by atoms with van der Waals surface area (Å²) in [5.74, 6) is -0.189. The van der Waals surface area contributed by atoms with E-state index in [1.807, 2.05) is 13.8 Å². The van der Waals surface area contributed by atoms with Gasteiger partial charge in [-0.1, -0.05) is 37.6 Å². The molecule has 1 aromatic heterocycles. The van der Waals surface area contributed by atoms with Gasteiger partial charge in [0.25, 0.3) is 0 Å². The lowest BCUT2D eigenvalue weighted by Crippen LogP contribution is -2.03. The van der Waals surface area contributed by atoms with Crippen LogP contribution in [0.1, 0.15) is 36.6 Å². The zero-order chi connectivity index (χ0) is 14.0. The number of hydrogen-bond donors (Lipinski definition) is 0. The minimum atomic E-state index is -0.301. The summed E-state index contributed by atoms with van der Waals surface area (Å²) < 4.78 is 14.7. The molecule has 0 unspecified atom stereocenters. The van der Waals surface area contributed by atoms with E-state index in [1.54, 1.807) is 12.1 Å². The number of hydrogen-bond acceptors (Lipinski definition) is 2. The van der Waals surface area contributed by atoms with E-state index >= 15 is 0 Å². The summed E-state index contributed by atoms with van der Waals surface area (Å²) in [6, 6.07) is 8.32. The van der Waals surface area contributed by atoms with Crippen molar-refractivity contribution in [2.24, 2.45) is 0 Å². The Bertz CT molecular complexity index is 641. The minimum Gasteiger partial charge on any atom is -0.248 e. The molecule has 98 valence electrons. The van der Waals surface area contributed by atoms with Crippen LogP contribution in [0.2, 0.25) is 5.15 Å². The van der Waals surface area contributed by atoms with Gasteiger partial charge in [0.15, 0.2) is 0 Å². The highest BCUT2D eigenvalue weighted by Gasteiger charge is 2.18. The molecule has 0 spiro atoms. The van der Waals surface area contributed by atoms with Crippen LogP contribution in [0.15, 0.2) is 24.3 Å². The summed E-state index contributed by atoms with van der Waals surface area (Å²) >= 11 is 6.15. The molecule has 0 radical (unpaired) electrons. The van der Waals surface area contributed by atoms with Gasteiger partial charge < -0.3 is 0 Å². The van der Waals surface area contributed by atoms with Crippen LogP contribution >= 0.6 is 11.6 Å². The summed E-state index contributed by atoms with van der Waals surface area (Å²) in [5, 5.41) is 13.8. The number of benzene rings is 1. The lowest BCUT2D eigenvalue weighted by molar-refractivity contribution is 0.616. The molecule has 0 aliphatic heterocycles. The fourth-order valence-electron chi connectivity index (χ4n) is 1.88. The number of nitriles is 1. The molecule has 0 atom stereocenters. The number of aromatic nitrogens is 2. The van der Waals surface area contributed by atoms with Crippen LogP contribution in [0.25, 0.3) is 0 Å². The highest BCUT2D eigenvalue weighted by Crippen LogP contribution is 2.25. The van der Waals surface area contributed by atoms with Crippen molar-refractivity contribution in [2.75, 3.05) is 0 Å². The molecule has 0 saturated carbocycles. The maximum atomic E-state index is 13.1. The Labute approximate surface area is 116 Å². The predicted octanol–water partition coefficient (Wildman–Crippen LogP) is 3.72. The molecule has 2 rings (SSSR count). The van der Waals surface area contributed by atoms with E-state index in [2.05, 4.69) is 11.2 Å². The molecular weight excluding hydrogens is 265 g/mol. The normalized spacial score (nSPS) is 10.7. The Hall–Kier alpha value is -1.86. The third kappa shape index (κ3) is 2.77. The fourth-order valence-corrected chi connectivity index (χ4v) is 2.12. The molecule has 0 aliphatic rings. The lowest BCUT2D eigenvalue weighted by atomic mass is 10.1. The van der Waals surface area contributed by atoms with Gasteiger partial charge in [-0.3, -0.25) is 0 Å². The molecule has 1 heterocycles. The van der Waals surface area contributed by atoms with Gasteiger partial charge >= 0.3 is 0 Å². The van der Waals surface area contributed by atoms with Crippen LogP contribution in [0.5, 0.6) is 0 Å². The Morgan fingerprint density at radius 2 is 2.21 bits per heavy atom. The summed E-state index contributed by atoms with van der Waals surface area (Å²) in [6.45, 7) is 4.25. The highest BCUT2D eigenvalue weighted by atomic mass is 35.5. The van der Waals surface area contributed by atoms with Gasteiger partial charge in [0.2, 0.25) is 0 Å². The summed E-state index contributed by atoms with van der Waals surface area (Å²) in [7, 11) is 0. The van der Waals surface area contributed by atoms with Crippen LogP contribution in [0, 0.1) is 17.1 Å². The summed E-state index contributed by atoms with van der Waals surface area (Å²) in [6.07, 6.45) is 0. The van der Waals surface area contributed by atoms with Crippen molar-refractivity contribution in [3.63, 3.8) is 0 Å². The first-order valence-corrected chi connectivity index (χ1v) is 6.31. The van der Waals surface area contributed by atoms with E-state index in [-0.39, 0.29) is 11.7 Å². The van der Waals surface area contributed by atoms with Crippen LogP contribution < -0.4 is 0 Å². The van der Waals surface area contributed by atoms with Gasteiger partial charge in [-0.25, -0.2) is 9.07 Å². The molecule has 5 heteroatoms. The van der Waals surface area contributed by atoms with Crippen molar-refractivity contribution in [3.8, 4) is 6.07 Å². The standard InChI is InChI=1S/C14H13ClFN3/c1-9(2)13-12(7-17)14(15)19(18-13)8-10-4-3-5-11(16)6-10/h3-6,9H,8H2,1-2H3. The second kappa shape index (κ2) is 5.41. The van der Waals surface area contributed by atoms with E-state index < -0.39 is 0 Å². The lowest BCUT2D eigenvalue weighted by Gasteiger charge is -2.03. The fraction of sp³-hybridized carbons (Fsp3) is 0.286. The molecule has 19 heavy (non-hydrogen) atoms. The minimum absolute atomic E-state index is 0.112. The second-order valence-corrected chi connectivity index (χ2v) is 4.96. The largest absolute Gasteiger partial charge is 0.248 e. The number of halogens is 2. The Morgan fingerprint density at radius 3 is 2.74 bits per heavy atom. The first kappa shape index (κ1) is 13.6. The van der Waals surface area contributed by atoms with Gasteiger partial charge in [-0.15, -0.1) is 0 Å². The molecule has 1 aromatic carbocycles. The molecule has 3 nitrogen and oxygen atoms in total. The molecular formula is C14H13ClFN3. The third-order valence-electron chi connectivity index (χ3n) is 2.80. The van der Waals surface area contributed by atoms with Crippen LogP contribution in [-0.4, -0.2) is 9.78 Å². The van der Waals surface area contributed by atoms with E-state index in [1.165, 1.54) is 16.8 Å². The number of rotatable bonds is 3. The van der Waals surface area contributed by atoms with Crippen molar-refractivity contribution in [1.29, 1.82) is 5.26 Å². The maximum Gasteiger partial charge on any atom is 0.145 e. The second-order valence-electron chi connectivity index (χ2n) is 4.61. The van der Waals surface area contributed by atoms with Crippen LogP contribution in [0.4, 0.5) is 4.39 Å². The molecule has 0 aliphatic carbocycles. The summed E-state index contributed by atoms with van der Waals surface area (Å²) in [5.41, 5.74) is 1.82. The zero-order valence-electron chi connectivity index (χ0n) is 10.7. The van der Waals surface area contributed by atoms with E-state index in [4.69, 9.17) is 16.9 Å². The van der Waals surface area contributed by atoms with Gasteiger partial charge in [0.1, 0.15) is 22.6 Å². The SMILES string of the molecule is CC(C)c1nn(Cc2cccc(F)c2)c(Cl)c1C#N. The van der Waals surface area contributed by atoms with E-state index in [9.17, 15) is 4.39 Å². The monoisotopic (exact) mass is 277 g/mol. The Kier molecular flexibility index (Phi) is 3.87. The topological polar surface area (TPSA) is 41.6 Å². The van der Waals surface area contributed by atoms with E-state index in [0.29, 0.717) is 23.0 Å². The van der Waals surface area contributed by atoms with E-state index in [0.717, 1.165) is 5.56 Å². The molecule has 0 fully saturated rings. The molecule has 0 bridgehead atoms. The average molecular weight is 278 g/mol. The first-order valence-electron chi connectivity index (χ1n) is 5.93. The maximum absolute atomic E-state index is 13.1. The quantitative estimate of drug-likeness (QED) is 0.858. The van der Waals surface area contributed by atoms with Crippen molar-refractivity contribution >= 4 is 11.6 Å². The van der Waals surface area contributed by atoms with Gasteiger partial charge in [-0.2, -0.15) is 10.4 Å². The Balaban J connectivity index is 2.39. The first-order chi connectivity index (χ1) is 9.02. The predicted molar refractivity (Wildman–Crippen MR) is 71.5 cm³/mol. The molecule has 0 saturated heterocycles. The molecule has 0 N–H and O–H groups in total. The van der Waals surface area contributed by atoms with Crippen molar-refractivity contribution in [3.05, 3.63) is 52.1 Å². The van der Waals surface area contributed by atoms with Crippen LogP contribution in [0.3, 0.4) is 0 Å². The van der Waals surface area contributed by atoms with Gasteiger partial charge in [0, 0.05) is 0 Å². The number of nitrogens with zero attached hydrogens (tertiary/aromatic N) is 3. The van der Waals surface area contributed by atoms with Gasteiger partial charge in [0.05, 0.1) is 12.2 Å². The van der Waals surface area contributed by atoms with Crippen molar-refractivity contribution in [2.45, 2.75) is 26.3 Å². The summed E-state index contributed by atoms with van der Waals surface area (Å²) in [4.78, 5) is 0. The van der Waals surface area contributed by atoms with Crippen molar-refractivity contribution in [1.82, 2.24) is 9.78 Å². The average Bonchev–Trinajstić information content (AvgIpc) is 2.66.